The number of rotatable bonds is 7. The number of nitrogens with one attached hydrogen (secondary N) is 1. The average molecular weight is 397 g/mol. The standard InChI is InChI=1S/C19H19Cl2FN2O2/c1-13(25)24(16-6-7-17(20)18(21)12-16)11-9-19(26)23-10-8-14-2-4-15(22)5-3-14/h2-7,12H,8-11H2,1H3,(H,23,26). The number of amides is 2. The van der Waals surface area contributed by atoms with Gasteiger partial charge in [-0.1, -0.05) is 35.3 Å². The molecule has 26 heavy (non-hydrogen) atoms. The maximum atomic E-state index is 12.8. The topological polar surface area (TPSA) is 49.4 Å². The Hall–Kier alpha value is -2.11. The molecule has 0 fully saturated rings. The predicted octanol–water partition coefficient (Wildman–Crippen LogP) is 4.23. The number of carbonyl (C=O) groups excluding carboxylic acids is 2. The second kappa shape index (κ2) is 9.55. The molecule has 2 aromatic carbocycles. The molecule has 0 spiro atoms. The fraction of sp³-hybridized carbons (Fsp3) is 0.263. The third kappa shape index (κ3) is 6.00. The molecule has 0 saturated carbocycles. The van der Waals surface area contributed by atoms with E-state index in [2.05, 4.69) is 5.32 Å². The lowest BCUT2D eigenvalue weighted by atomic mass is 10.1. The highest BCUT2D eigenvalue weighted by Crippen LogP contribution is 2.27. The Bertz CT molecular complexity index is 782. The number of benzene rings is 2. The molecule has 7 heteroatoms. The van der Waals surface area contributed by atoms with Gasteiger partial charge in [-0.3, -0.25) is 9.59 Å². The van der Waals surface area contributed by atoms with Crippen molar-refractivity contribution >= 4 is 40.7 Å². The van der Waals surface area contributed by atoms with Gasteiger partial charge in [-0.05, 0) is 42.3 Å². The van der Waals surface area contributed by atoms with Gasteiger partial charge in [-0.2, -0.15) is 0 Å². The summed E-state index contributed by atoms with van der Waals surface area (Å²) in [7, 11) is 0. The van der Waals surface area contributed by atoms with E-state index in [1.165, 1.54) is 24.0 Å². The van der Waals surface area contributed by atoms with E-state index in [-0.39, 0.29) is 30.6 Å². The van der Waals surface area contributed by atoms with Crippen LogP contribution in [0.1, 0.15) is 18.9 Å². The van der Waals surface area contributed by atoms with Gasteiger partial charge in [0.15, 0.2) is 0 Å². The Balaban J connectivity index is 1.84. The van der Waals surface area contributed by atoms with E-state index in [1.54, 1.807) is 30.3 Å². The summed E-state index contributed by atoms with van der Waals surface area (Å²) >= 11 is 11.9. The third-order valence-corrected chi connectivity index (χ3v) is 4.55. The van der Waals surface area contributed by atoms with Crippen LogP contribution >= 0.6 is 23.2 Å². The molecule has 2 aromatic rings. The van der Waals surface area contributed by atoms with Gasteiger partial charge in [0, 0.05) is 32.1 Å². The van der Waals surface area contributed by atoms with Crippen LogP contribution in [-0.2, 0) is 16.0 Å². The summed E-state index contributed by atoms with van der Waals surface area (Å²) in [4.78, 5) is 25.4. The Morgan fingerprint density at radius 2 is 1.77 bits per heavy atom. The van der Waals surface area contributed by atoms with Crippen LogP contribution in [0.15, 0.2) is 42.5 Å². The molecule has 2 rings (SSSR count). The summed E-state index contributed by atoms with van der Waals surface area (Å²) in [6, 6.07) is 11.0. The maximum absolute atomic E-state index is 12.8. The van der Waals surface area contributed by atoms with E-state index < -0.39 is 0 Å². The smallest absolute Gasteiger partial charge is 0.223 e. The van der Waals surface area contributed by atoms with Crippen molar-refractivity contribution in [2.45, 2.75) is 19.8 Å². The number of hydrogen-bond donors (Lipinski definition) is 1. The SMILES string of the molecule is CC(=O)N(CCC(=O)NCCc1ccc(F)cc1)c1ccc(Cl)c(Cl)c1. The van der Waals surface area contributed by atoms with Crippen molar-refractivity contribution < 1.29 is 14.0 Å². The first-order valence-corrected chi connectivity index (χ1v) is 8.86. The van der Waals surface area contributed by atoms with Gasteiger partial charge >= 0.3 is 0 Å². The van der Waals surface area contributed by atoms with E-state index in [0.29, 0.717) is 28.7 Å². The first-order valence-electron chi connectivity index (χ1n) is 8.11. The Labute approximate surface area is 161 Å². The molecule has 0 aliphatic rings. The van der Waals surface area contributed by atoms with Crippen molar-refractivity contribution in [1.29, 1.82) is 0 Å². The monoisotopic (exact) mass is 396 g/mol. The van der Waals surface area contributed by atoms with Gasteiger partial charge in [-0.15, -0.1) is 0 Å². The van der Waals surface area contributed by atoms with Crippen LogP contribution < -0.4 is 10.2 Å². The number of anilines is 1. The molecular formula is C19H19Cl2FN2O2. The zero-order chi connectivity index (χ0) is 19.1. The van der Waals surface area contributed by atoms with Crippen molar-refractivity contribution in [3.8, 4) is 0 Å². The van der Waals surface area contributed by atoms with Crippen molar-refractivity contribution in [2.75, 3.05) is 18.0 Å². The highest BCUT2D eigenvalue weighted by Gasteiger charge is 2.14. The Kier molecular flexibility index (Phi) is 7.42. The van der Waals surface area contributed by atoms with Gasteiger partial charge in [0.25, 0.3) is 0 Å². The van der Waals surface area contributed by atoms with Crippen LogP contribution in [0, 0.1) is 5.82 Å². The third-order valence-electron chi connectivity index (χ3n) is 3.81. The van der Waals surface area contributed by atoms with Gasteiger partial charge in [0.2, 0.25) is 11.8 Å². The molecule has 0 aliphatic carbocycles. The van der Waals surface area contributed by atoms with Gasteiger partial charge in [-0.25, -0.2) is 4.39 Å². The Morgan fingerprint density at radius 3 is 2.38 bits per heavy atom. The lowest BCUT2D eigenvalue weighted by molar-refractivity contribution is -0.121. The minimum atomic E-state index is -0.288. The first kappa shape index (κ1) is 20.2. The van der Waals surface area contributed by atoms with E-state index in [9.17, 15) is 14.0 Å². The molecule has 0 aliphatic heterocycles. The zero-order valence-electron chi connectivity index (χ0n) is 14.3. The normalized spacial score (nSPS) is 10.5. The lowest BCUT2D eigenvalue weighted by Gasteiger charge is -2.21. The van der Waals surface area contributed by atoms with Gasteiger partial charge < -0.3 is 10.2 Å². The van der Waals surface area contributed by atoms with Crippen molar-refractivity contribution in [1.82, 2.24) is 5.32 Å². The molecule has 0 saturated heterocycles. The second-order valence-electron chi connectivity index (χ2n) is 5.75. The number of carbonyl (C=O) groups is 2. The highest BCUT2D eigenvalue weighted by atomic mass is 35.5. The minimum absolute atomic E-state index is 0.156. The Morgan fingerprint density at radius 1 is 1.08 bits per heavy atom. The quantitative estimate of drug-likeness (QED) is 0.760. The van der Waals surface area contributed by atoms with Crippen LogP contribution in [0.4, 0.5) is 10.1 Å². The summed E-state index contributed by atoms with van der Waals surface area (Å²) in [6.07, 6.45) is 0.762. The summed E-state index contributed by atoms with van der Waals surface area (Å²) in [5.41, 5.74) is 1.53. The van der Waals surface area contributed by atoms with Crippen molar-refractivity contribution in [3.63, 3.8) is 0 Å². The summed E-state index contributed by atoms with van der Waals surface area (Å²) in [6.45, 7) is 2.10. The van der Waals surface area contributed by atoms with E-state index in [0.717, 1.165) is 5.56 Å². The average Bonchev–Trinajstić information content (AvgIpc) is 2.59. The fourth-order valence-corrected chi connectivity index (χ4v) is 2.71. The fourth-order valence-electron chi connectivity index (χ4n) is 2.42. The van der Waals surface area contributed by atoms with E-state index >= 15 is 0 Å². The van der Waals surface area contributed by atoms with Crippen LogP contribution in [-0.4, -0.2) is 24.9 Å². The summed E-state index contributed by atoms with van der Waals surface area (Å²) < 4.78 is 12.8. The summed E-state index contributed by atoms with van der Waals surface area (Å²) in [5, 5.41) is 3.54. The first-order chi connectivity index (χ1) is 12.4. The predicted molar refractivity (Wildman–Crippen MR) is 102 cm³/mol. The maximum Gasteiger partial charge on any atom is 0.223 e. The summed E-state index contributed by atoms with van der Waals surface area (Å²) in [5.74, 6) is -0.648. The molecule has 0 heterocycles. The van der Waals surface area contributed by atoms with Crippen LogP contribution in [0.3, 0.4) is 0 Å². The van der Waals surface area contributed by atoms with Crippen LogP contribution in [0.5, 0.6) is 0 Å². The molecular weight excluding hydrogens is 378 g/mol. The molecule has 0 bridgehead atoms. The molecule has 0 aromatic heterocycles. The van der Waals surface area contributed by atoms with Crippen molar-refractivity contribution in [2.24, 2.45) is 0 Å². The van der Waals surface area contributed by atoms with E-state index in [1.807, 2.05) is 0 Å². The minimum Gasteiger partial charge on any atom is -0.356 e. The molecule has 0 unspecified atom stereocenters. The van der Waals surface area contributed by atoms with Gasteiger partial charge in [0.05, 0.1) is 10.0 Å². The largest absolute Gasteiger partial charge is 0.356 e. The molecule has 138 valence electrons. The zero-order valence-corrected chi connectivity index (χ0v) is 15.8. The second-order valence-corrected chi connectivity index (χ2v) is 6.56. The van der Waals surface area contributed by atoms with E-state index in [4.69, 9.17) is 23.2 Å². The molecule has 2 amide bonds. The van der Waals surface area contributed by atoms with Gasteiger partial charge in [0.1, 0.15) is 5.82 Å². The molecule has 4 nitrogen and oxygen atoms in total. The van der Waals surface area contributed by atoms with Crippen LogP contribution in [0.2, 0.25) is 10.0 Å². The van der Waals surface area contributed by atoms with Crippen LogP contribution in [0.25, 0.3) is 0 Å². The number of hydrogen-bond acceptors (Lipinski definition) is 2. The molecule has 0 atom stereocenters. The molecule has 1 N–H and O–H groups in total. The number of halogens is 3. The molecule has 0 radical (unpaired) electrons. The highest BCUT2D eigenvalue weighted by molar-refractivity contribution is 6.42. The van der Waals surface area contributed by atoms with Crippen molar-refractivity contribution in [3.05, 3.63) is 63.9 Å². The number of nitrogens with zero attached hydrogens (tertiary/aromatic N) is 1. The lowest BCUT2D eigenvalue weighted by Crippen LogP contribution is -2.34.